The van der Waals surface area contributed by atoms with Crippen LogP contribution in [0.15, 0.2) is 54.6 Å². The van der Waals surface area contributed by atoms with Crippen molar-refractivity contribution in [1.29, 1.82) is 0 Å². The van der Waals surface area contributed by atoms with Gasteiger partial charge in [0.15, 0.2) is 5.82 Å². The fraction of sp³-hybridized carbons (Fsp3) is 0.250. The first-order chi connectivity index (χ1) is 12.7. The molecule has 0 bridgehead atoms. The molecule has 1 aliphatic carbocycles. The molecule has 6 heteroatoms. The number of hydrogen-bond acceptors (Lipinski definition) is 4. The van der Waals surface area contributed by atoms with Gasteiger partial charge in [0, 0.05) is 5.56 Å². The Morgan fingerprint density at radius 2 is 1.88 bits per heavy atom. The van der Waals surface area contributed by atoms with Crippen LogP contribution >= 0.6 is 0 Å². The van der Waals surface area contributed by atoms with E-state index in [0.717, 1.165) is 29.7 Å². The minimum Gasteiger partial charge on any atom is -0.497 e. The van der Waals surface area contributed by atoms with Gasteiger partial charge in [-0.25, -0.2) is 0 Å². The third kappa shape index (κ3) is 3.44. The third-order valence-corrected chi connectivity index (χ3v) is 4.62. The summed E-state index contributed by atoms with van der Waals surface area (Å²) in [6, 6.07) is 17.4. The van der Waals surface area contributed by atoms with E-state index in [4.69, 9.17) is 4.74 Å². The SMILES string of the molecule is COc1ccc(-c2nc(NC(=O)[C@@H](c3ccccc3)C3CC3)n[nH]2)cc1. The van der Waals surface area contributed by atoms with E-state index in [9.17, 15) is 4.79 Å². The maximum atomic E-state index is 12.8. The first-order valence-electron chi connectivity index (χ1n) is 8.67. The Hall–Kier alpha value is -3.15. The predicted molar refractivity (Wildman–Crippen MR) is 98.9 cm³/mol. The van der Waals surface area contributed by atoms with E-state index in [1.807, 2.05) is 54.6 Å². The topological polar surface area (TPSA) is 79.9 Å². The van der Waals surface area contributed by atoms with Crippen molar-refractivity contribution in [2.45, 2.75) is 18.8 Å². The molecule has 0 saturated heterocycles. The molecule has 2 aromatic carbocycles. The summed E-state index contributed by atoms with van der Waals surface area (Å²) < 4.78 is 5.16. The summed E-state index contributed by atoms with van der Waals surface area (Å²) in [5.74, 6) is 1.86. The van der Waals surface area contributed by atoms with E-state index >= 15 is 0 Å². The summed E-state index contributed by atoms with van der Waals surface area (Å²) in [7, 11) is 1.63. The standard InChI is InChI=1S/C20H20N4O2/c1-26-16-11-9-15(10-12-16)18-21-20(24-23-18)22-19(25)17(14-7-8-14)13-5-3-2-4-6-13/h2-6,9-12,14,17H,7-8H2,1H3,(H2,21,22,23,24,25)/t17-/m0/s1. The number of rotatable bonds is 6. The molecule has 1 saturated carbocycles. The van der Waals surface area contributed by atoms with Gasteiger partial charge in [-0.2, -0.15) is 4.98 Å². The van der Waals surface area contributed by atoms with E-state index in [1.54, 1.807) is 7.11 Å². The summed E-state index contributed by atoms with van der Waals surface area (Å²) in [6.45, 7) is 0. The van der Waals surface area contributed by atoms with E-state index in [0.29, 0.717) is 17.7 Å². The highest BCUT2D eigenvalue weighted by Gasteiger charge is 2.37. The molecule has 2 N–H and O–H groups in total. The van der Waals surface area contributed by atoms with Gasteiger partial charge in [-0.3, -0.25) is 15.2 Å². The largest absolute Gasteiger partial charge is 0.497 e. The number of benzene rings is 2. The minimum absolute atomic E-state index is 0.0565. The van der Waals surface area contributed by atoms with Crippen molar-refractivity contribution in [1.82, 2.24) is 15.2 Å². The van der Waals surface area contributed by atoms with Gasteiger partial charge in [0.25, 0.3) is 0 Å². The van der Waals surface area contributed by atoms with Crippen LogP contribution in [0.1, 0.15) is 24.3 Å². The maximum Gasteiger partial charge on any atom is 0.249 e. The predicted octanol–water partition coefficient (Wildman–Crippen LogP) is 3.61. The average Bonchev–Trinajstić information content (AvgIpc) is 3.40. The number of ether oxygens (including phenoxy) is 1. The number of aromatic nitrogens is 3. The van der Waals surface area contributed by atoms with Crippen LogP contribution in [-0.4, -0.2) is 28.2 Å². The molecule has 3 aromatic rings. The van der Waals surface area contributed by atoms with Crippen molar-refractivity contribution in [3.05, 3.63) is 60.2 Å². The van der Waals surface area contributed by atoms with Crippen molar-refractivity contribution < 1.29 is 9.53 Å². The zero-order valence-electron chi connectivity index (χ0n) is 14.5. The summed E-state index contributed by atoms with van der Waals surface area (Å²) in [4.78, 5) is 17.2. The van der Waals surface area contributed by atoms with Crippen LogP contribution in [0, 0.1) is 5.92 Å². The van der Waals surface area contributed by atoms with E-state index < -0.39 is 0 Å². The van der Waals surface area contributed by atoms with Crippen LogP contribution in [0.4, 0.5) is 5.95 Å². The lowest BCUT2D eigenvalue weighted by Gasteiger charge is -2.15. The molecular weight excluding hydrogens is 328 g/mol. The summed E-state index contributed by atoms with van der Waals surface area (Å²) in [6.07, 6.45) is 2.16. The molecular formula is C20H20N4O2. The van der Waals surface area contributed by atoms with Crippen LogP contribution < -0.4 is 10.1 Å². The van der Waals surface area contributed by atoms with Gasteiger partial charge in [-0.15, -0.1) is 5.10 Å². The Kier molecular flexibility index (Phi) is 4.39. The molecule has 6 nitrogen and oxygen atoms in total. The van der Waals surface area contributed by atoms with Crippen molar-refractivity contribution in [2.24, 2.45) is 5.92 Å². The Morgan fingerprint density at radius 3 is 2.54 bits per heavy atom. The molecule has 0 aliphatic heterocycles. The molecule has 0 spiro atoms. The normalized spacial score (nSPS) is 14.7. The number of aromatic amines is 1. The average molecular weight is 348 g/mol. The Morgan fingerprint density at radius 1 is 1.15 bits per heavy atom. The smallest absolute Gasteiger partial charge is 0.249 e. The van der Waals surface area contributed by atoms with Crippen LogP contribution in [0.3, 0.4) is 0 Å². The summed E-state index contributed by atoms with van der Waals surface area (Å²) in [5.41, 5.74) is 1.92. The van der Waals surface area contributed by atoms with Crippen LogP contribution in [0.5, 0.6) is 5.75 Å². The Labute approximate surface area is 151 Å². The second kappa shape index (κ2) is 7.00. The van der Waals surface area contributed by atoms with Crippen molar-refractivity contribution in [3.8, 4) is 17.1 Å². The number of hydrogen-bond donors (Lipinski definition) is 2. The van der Waals surface area contributed by atoms with Gasteiger partial charge < -0.3 is 4.74 Å². The number of nitrogens with one attached hydrogen (secondary N) is 2. The molecule has 4 rings (SSSR count). The van der Waals surface area contributed by atoms with Gasteiger partial charge in [0.2, 0.25) is 11.9 Å². The quantitative estimate of drug-likeness (QED) is 0.713. The van der Waals surface area contributed by atoms with Crippen molar-refractivity contribution >= 4 is 11.9 Å². The highest BCUT2D eigenvalue weighted by molar-refractivity contribution is 5.95. The van der Waals surface area contributed by atoms with Gasteiger partial charge in [0.05, 0.1) is 13.0 Å². The molecule has 0 unspecified atom stereocenters. The van der Waals surface area contributed by atoms with Gasteiger partial charge in [-0.05, 0) is 48.6 Å². The molecule has 1 atom stereocenters. The van der Waals surface area contributed by atoms with Crippen LogP contribution in [0.25, 0.3) is 11.4 Å². The number of H-pyrrole nitrogens is 1. The highest BCUT2D eigenvalue weighted by Crippen LogP contribution is 2.43. The highest BCUT2D eigenvalue weighted by atomic mass is 16.5. The molecule has 1 amide bonds. The fourth-order valence-electron chi connectivity index (χ4n) is 3.11. The van der Waals surface area contributed by atoms with E-state index in [-0.39, 0.29) is 11.8 Å². The summed E-state index contributed by atoms with van der Waals surface area (Å²) >= 11 is 0. The zero-order chi connectivity index (χ0) is 17.9. The Bertz CT molecular complexity index is 886. The number of nitrogens with zero attached hydrogens (tertiary/aromatic N) is 2. The zero-order valence-corrected chi connectivity index (χ0v) is 14.5. The lowest BCUT2D eigenvalue weighted by atomic mass is 9.93. The minimum atomic E-state index is -0.154. The molecule has 1 heterocycles. The lowest BCUT2D eigenvalue weighted by Crippen LogP contribution is -2.23. The second-order valence-corrected chi connectivity index (χ2v) is 6.45. The summed E-state index contributed by atoms with van der Waals surface area (Å²) in [5, 5.41) is 9.86. The maximum absolute atomic E-state index is 12.8. The van der Waals surface area contributed by atoms with Gasteiger partial charge in [-0.1, -0.05) is 30.3 Å². The fourth-order valence-corrected chi connectivity index (χ4v) is 3.11. The molecule has 1 aromatic heterocycles. The van der Waals surface area contributed by atoms with Crippen molar-refractivity contribution in [2.75, 3.05) is 12.4 Å². The monoisotopic (exact) mass is 348 g/mol. The molecule has 1 fully saturated rings. The molecule has 1 aliphatic rings. The van der Waals surface area contributed by atoms with E-state index in [2.05, 4.69) is 20.5 Å². The number of carbonyl (C=O) groups excluding carboxylic acids is 1. The first kappa shape index (κ1) is 16.3. The van der Waals surface area contributed by atoms with Gasteiger partial charge in [0.1, 0.15) is 5.75 Å². The van der Waals surface area contributed by atoms with Crippen LogP contribution in [0.2, 0.25) is 0 Å². The van der Waals surface area contributed by atoms with Gasteiger partial charge >= 0.3 is 0 Å². The molecule has 0 radical (unpaired) electrons. The van der Waals surface area contributed by atoms with Crippen molar-refractivity contribution in [3.63, 3.8) is 0 Å². The number of anilines is 1. The second-order valence-electron chi connectivity index (χ2n) is 6.45. The third-order valence-electron chi connectivity index (χ3n) is 4.62. The van der Waals surface area contributed by atoms with E-state index in [1.165, 1.54) is 0 Å². The first-order valence-corrected chi connectivity index (χ1v) is 8.67. The number of carbonyl (C=O) groups is 1. The molecule has 26 heavy (non-hydrogen) atoms. The number of amides is 1. The lowest BCUT2D eigenvalue weighted by molar-refractivity contribution is -0.118. The molecule has 132 valence electrons. The Balaban J connectivity index is 1.50. The number of methoxy groups -OCH3 is 1. The van der Waals surface area contributed by atoms with Crippen LogP contribution in [-0.2, 0) is 4.79 Å².